The zero-order chi connectivity index (χ0) is 13.1. The molecule has 1 saturated heterocycles. The van der Waals surface area contributed by atoms with Crippen LogP contribution < -0.4 is 5.32 Å². The quantitative estimate of drug-likeness (QED) is 0.874. The number of nitrogens with one attached hydrogen (secondary N) is 1. The molecule has 0 bridgehead atoms. The van der Waals surface area contributed by atoms with E-state index in [2.05, 4.69) is 10.2 Å². The fourth-order valence-corrected chi connectivity index (χ4v) is 2.29. The lowest BCUT2D eigenvalue weighted by molar-refractivity contribution is 0.115. The number of rotatable bonds is 2. The summed E-state index contributed by atoms with van der Waals surface area (Å²) in [4.78, 5) is 14.0. The predicted molar refractivity (Wildman–Crippen MR) is 71.9 cm³/mol. The Kier molecular flexibility index (Phi) is 3.87. The largest absolute Gasteiger partial charge is 0.445 e. The summed E-state index contributed by atoms with van der Waals surface area (Å²) in [6.07, 6.45) is 0.573. The second-order valence-corrected chi connectivity index (χ2v) is 4.97. The van der Waals surface area contributed by atoms with Crippen molar-refractivity contribution in [1.29, 1.82) is 0 Å². The van der Waals surface area contributed by atoms with Crippen LogP contribution >= 0.6 is 0 Å². The molecule has 0 aromatic heterocycles. The lowest BCUT2D eigenvalue weighted by atomic mass is 10.1. The Hall–Kier alpha value is -1.55. The zero-order valence-electron chi connectivity index (χ0n) is 11.2. The molecule has 4 nitrogen and oxygen atoms in total. The van der Waals surface area contributed by atoms with Gasteiger partial charge in [0.1, 0.15) is 6.10 Å². The van der Waals surface area contributed by atoms with Gasteiger partial charge in [-0.05, 0) is 38.4 Å². The number of likely N-dealkylation sites (tertiary alicyclic amines) is 1. The molecule has 1 amide bonds. The van der Waals surface area contributed by atoms with Crippen LogP contribution in [0, 0.1) is 13.8 Å². The van der Waals surface area contributed by atoms with Crippen LogP contribution in [-0.2, 0) is 4.74 Å². The van der Waals surface area contributed by atoms with E-state index in [0.717, 1.165) is 36.3 Å². The van der Waals surface area contributed by atoms with E-state index in [1.807, 2.05) is 39.1 Å². The molecule has 1 aliphatic heterocycles. The standard InChI is InChI=1S/C14H20N2O2/c1-10-5-4-6-11(2)13(10)15-14(17)18-12-7-8-16(3)9-12/h4-6,12H,7-9H2,1-3H3,(H,15,17). The van der Waals surface area contributed by atoms with Gasteiger partial charge in [-0.1, -0.05) is 18.2 Å². The molecule has 1 N–H and O–H groups in total. The van der Waals surface area contributed by atoms with Crippen LogP contribution in [0.4, 0.5) is 10.5 Å². The minimum absolute atomic E-state index is 0.0133. The first-order valence-electron chi connectivity index (χ1n) is 6.28. The van der Waals surface area contributed by atoms with Crippen molar-refractivity contribution in [2.45, 2.75) is 26.4 Å². The highest BCUT2D eigenvalue weighted by Gasteiger charge is 2.23. The van der Waals surface area contributed by atoms with Crippen LogP contribution in [0.2, 0.25) is 0 Å². The van der Waals surface area contributed by atoms with Crippen LogP contribution in [-0.4, -0.2) is 37.2 Å². The van der Waals surface area contributed by atoms with Crippen LogP contribution in [0.5, 0.6) is 0 Å². The molecule has 1 aromatic rings. The number of likely N-dealkylation sites (N-methyl/N-ethyl adjacent to an activating group) is 1. The minimum atomic E-state index is -0.354. The molecule has 1 unspecified atom stereocenters. The van der Waals surface area contributed by atoms with E-state index >= 15 is 0 Å². The predicted octanol–water partition coefficient (Wildman–Crippen LogP) is 2.56. The van der Waals surface area contributed by atoms with Crippen LogP contribution in [0.25, 0.3) is 0 Å². The summed E-state index contributed by atoms with van der Waals surface area (Å²) in [5.41, 5.74) is 2.96. The summed E-state index contributed by atoms with van der Waals surface area (Å²) in [6.45, 7) is 5.76. The third-order valence-electron chi connectivity index (χ3n) is 3.33. The first kappa shape index (κ1) is 12.9. The minimum Gasteiger partial charge on any atom is -0.445 e. The highest BCUT2D eigenvalue weighted by atomic mass is 16.6. The Bertz CT molecular complexity index is 425. The summed E-state index contributed by atoms with van der Waals surface area (Å²) in [5.74, 6) is 0. The van der Waals surface area contributed by atoms with E-state index in [1.54, 1.807) is 0 Å². The third kappa shape index (κ3) is 3.01. The molecule has 1 fully saturated rings. The second-order valence-electron chi connectivity index (χ2n) is 4.97. The van der Waals surface area contributed by atoms with E-state index in [-0.39, 0.29) is 12.2 Å². The summed E-state index contributed by atoms with van der Waals surface area (Å²) in [7, 11) is 2.03. The molecule has 98 valence electrons. The number of carbonyl (C=O) groups is 1. The van der Waals surface area contributed by atoms with Crippen LogP contribution in [0.3, 0.4) is 0 Å². The van der Waals surface area contributed by atoms with Gasteiger partial charge in [0.25, 0.3) is 0 Å². The molecular weight excluding hydrogens is 228 g/mol. The lowest BCUT2D eigenvalue weighted by Gasteiger charge is -2.15. The van der Waals surface area contributed by atoms with Gasteiger partial charge in [-0.15, -0.1) is 0 Å². The van der Waals surface area contributed by atoms with Crippen molar-refractivity contribution in [3.63, 3.8) is 0 Å². The molecule has 1 atom stereocenters. The van der Waals surface area contributed by atoms with Gasteiger partial charge >= 0.3 is 6.09 Å². The van der Waals surface area contributed by atoms with Gasteiger partial charge in [0.15, 0.2) is 0 Å². The number of hydrogen-bond donors (Lipinski definition) is 1. The lowest BCUT2D eigenvalue weighted by Crippen LogP contribution is -2.25. The average molecular weight is 248 g/mol. The van der Waals surface area contributed by atoms with Gasteiger partial charge in [-0.2, -0.15) is 0 Å². The van der Waals surface area contributed by atoms with Gasteiger partial charge < -0.3 is 9.64 Å². The summed E-state index contributed by atoms with van der Waals surface area (Å²) in [6, 6.07) is 5.94. The van der Waals surface area contributed by atoms with E-state index in [9.17, 15) is 4.79 Å². The molecule has 18 heavy (non-hydrogen) atoms. The first-order valence-corrected chi connectivity index (χ1v) is 6.28. The Morgan fingerprint density at radius 3 is 2.61 bits per heavy atom. The molecule has 2 rings (SSSR count). The number of para-hydroxylation sites is 1. The van der Waals surface area contributed by atoms with Gasteiger partial charge in [0, 0.05) is 18.8 Å². The zero-order valence-corrected chi connectivity index (χ0v) is 11.2. The molecule has 1 aromatic carbocycles. The molecular formula is C14H20N2O2. The van der Waals surface area contributed by atoms with Crippen LogP contribution in [0.15, 0.2) is 18.2 Å². The monoisotopic (exact) mass is 248 g/mol. The molecule has 0 spiro atoms. The Morgan fingerprint density at radius 2 is 2.06 bits per heavy atom. The van der Waals surface area contributed by atoms with Crippen molar-refractivity contribution in [2.24, 2.45) is 0 Å². The van der Waals surface area contributed by atoms with Gasteiger partial charge in [0.05, 0.1) is 0 Å². The normalized spacial score (nSPS) is 19.8. The number of carbonyl (C=O) groups excluding carboxylic acids is 1. The van der Waals surface area contributed by atoms with Gasteiger partial charge in [-0.25, -0.2) is 4.79 Å². The van der Waals surface area contributed by atoms with Crippen molar-refractivity contribution in [1.82, 2.24) is 4.90 Å². The summed E-state index contributed by atoms with van der Waals surface area (Å²) >= 11 is 0. The van der Waals surface area contributed by atoms with Crippen molar-refractivity contribution in [3.8, 4) is 0 Å². The molecule has 4 heteroatoms. The summed E-state index contributed by atoms with van der Waals surface area (Å²) < 4.78 is 5.40. The molecule has 1 heterocycles. The summed E-state index contributed by atoms with van der Waals surface area (Å²) in [5, 5.41) is 2.84. The Balaban J connectivity index is 1.95. The van der Waals surface area contributed by atoms with Crippen LogP contribution in [0.1, 0.15) is 17.5 Å². The third-order valence-corrected chi connectivity index (χ3v) is 3.33. The van der Waals surface area contributed by atoms with E-state index in [0.29, 0.717) is 0 Å². The molecule has 0 saturated carbocycles. The maximum Gasteiger partial charge on any atom is 0.411 e. The van der Waals surface area contributed by atoms with Crippen molar-refractivity contribution in [3.05, 3.63) is 29.3 Å². The topological polar surface area (TPSA) is 41.6 Å². The molecule has 1 aliphatic rings. The van der Waals surface area contributed by atoms with E-state index in [4.69, 9.17) is 4.74 Å². The SMILES string of the molecule is Cc1cccc(C)c1NC(=O)OC1CCN(C)C1. The van der Waals surface area contributed by atoms with Crippen molar-refractivity contribution >= 4 is 11.8 Å². The highest BCUT2D eigenvalue weighted by molar-refractivity contribution is 5.86. The van der Waals surface area contributed by atoms with Crippen molar-refractivity contribution < 1.29 is 9.53 Å². The fraction of sp³-hybridized carbons (Fsp3) is 0.500. The smallest absolute Gasteiger partial charge is 0.411 e. The number of nitrogens with zero attached hydrogens (tertiary/aromatic N) is 1. The number of anilines is 1. The Morgan fingerprint density at radius 1 is 1.39 bits per heavy atom. The first-order chi connectivity index (χ1) is 8.56. The van der Waals surface area contributed by atoms with Gasteiger partial charge in [-0.3, -0.25) is 5.32 Å². The second kappa shape index (κ2) is 5.40. The number of hydrogen-bond acceptors (Lipinski definition) is 3. The Labute approximate surface area is 108 Å². The number of ether oxygens (including phenoxy) is 1. The highest BCUT2D eigenvalue weighted by Crippen LogP contribution is 2.20. The van der Waals surface area contributed by atoms with E-state index < -0.39 is 0 Å². The molecule has 0 radical (unpaired) electrons. The number of amides is 1. The number of aryl methyl sites for hydroxylation is 2. The maximum atomic E-state index is 11.8. The van der Waals surface area contributed by atoms with E-state index in [1.165, 1.54) is 0 Å². The van der Waals surface area contributed by atoms with Crippen molar-refractivity contribution in [2.75, 3.05) is 25.5 Å². The van der Waals surface area contributed by atoms with Gasteiger partial charge in [0.2, 0.25) is 0 Å². The maximum absolute atomic E-state index is 11.8. The number of benzene rings is 1. The fourth-order valence-electron chi connectivity index (χ4n) is 2.29. The molecule has 0 aliphatic carbocycles. The average Bonchev–Trinajstić information content (AvgIpc) is 2.69.